The second-order valence-electron chi connectivity index (χ2n) is 6.69. The molecule has 0 N–H and O–H groups in total. The maximum Gasteiger partial charge on any atom is 0.240 e. The number of hydrogen-bond acceptors (Lipinski definition) is 6. The summed E-state index contributed by atoms with van der Waals surface area (Å²) in [6, 6.07) is 0. The zero-order valence-electron chi connectivity index (χ0n) is 14.0. The molecule has 0 atom stereocenters. The second-order valence-corrected chi connectivity index (χ2v) is 7.91. The van der Waals surface area contributed by atoms with Gasteiger partial charge in [-0.1, -0.05) is 19.0 Å². The fourth-order valence-electron chi connectivity index (χ4n) is 3.14. The van der Waals surface area contributed by atoms with E-state index in [1.165, 1.54) is 0 Å². The molecule has 7 heteroatoms. The van der Waals surface area contributed by atoms with Gasteiger partial charge in [-0.2, -0.15) is 16.7 Å². The smallest absolute Gasteiger partial charge is 0.240 e. The molecule has 0 radical (unpaired) electrons. The van der Waals surface area contributed by atoms with Gasteiger partial charge >= 0.3 is 0 Å². The second kappa shape index (κ2) is 7.66. The first-order valence-electron chi connectivity index (χ1n) is 8.55. The standard InChI is InChI=1S/C16H26N4O2S/c1-12(2)15-17-14(22-18-15)11-19-5-3-13(4-6-19)16(21)20-7-9-23-10-8-20/h12-13H,3-11H2,1-2H3. The average Bonchev–Trinajstić information content (AvgIpc) is 3.04. The van der Waals surface area contributed by atoms with Crippen molar-refractivity contribution >= 4 is 17.7 Å². The molecule has 0 aliphatic carbocycles. The van der Waals surface area contributed by atoms with Gasteiger partial charge in [0.15, 0.2) is 5.82 Å². The summed E-state index contributed by atoms with van der Waals surface area (Å²) in [5.74, 6) is 4.48. The highest BCUT2D eigenvalue weighted by Gasteiger charge is 2.29. The molecule has 2 aliphatic rings. The van der Waals surface area contributed by atoms with E-state index in [0.717, 1.165) is 56.4 Å². The van der Waals surface area contributed by atoms with Gasteiger partial charge in [0.25, 0.3) is 0 Å². The van der Waals surface area contributed by atoms with Gasteiger partial charge in [0.2, 0.25) is 11.8 Å². The van der Waals surface area contributed by atoms with Crippen molar-refractivity contribution < 1.29 is 9.32 Å². The molecule has 0 saturated carbocycles. The Bertz CT molecular complexity index is 520. The van der Waals surface area contributed by atoms with E-state index in [9.17, 15) is 4.79 Å². The van der Waals surface area contributed by atoms with Crippen LogP contribution in [0.5, 0.6) is 0 Å². The Morgan fingerprint density at radius 3 is 2.57 bits per heavy atom. The number of nitrogens with zero attached hydrogens (tertiary/aromatic N) is 4. The van der Waals surface area contributed by atoms with Gasteiger partial charge in [-0.25, -0.2) is 0 Å². The van der Waals surface area contributed by atoms with Crippen LogP contribution in [0.4, 0.5) is 0 Å². The van der Waals surface area contributed by atoms with Crippen molar-refractivity contribution in [3.63, 3.8) is 0 Å². The molecule has 1 amide bonds. The number of piperidine rings is 1. The Morgan fingerprint density at radius 1 is 1.26 bits per heavy atom. The molecule has 2 aliphatic heterocycles. The molecule has 3 heterocycles. The van der Waals surface area contributed by atoms with Crippen molar-refractivity contribution in [3.8, 4) is 0 Å². The SMILES string of the molecule is CC(C)c1noc(CN2CCC(C(=O)N3CCSCC3)CC2)n1. The molecular weight excluding hydrogens is 312 g/mol. The van der Waals surface area contributed by atoms with Gasteiger partial charge in [-0.15, -0.1) is 0 Å². The molecule has 2 saturated heterocycles. The van der Waals surface area contributed by atoms with Crippen LogP contribution in [0.25, 0.3) is 0 Å². The summed E-state index contributed by atoms with van der Waals surface area (Å²) < 4.78 is 5.32. The van der Waals surface area contributed by atoms with Crippen LogP contribution in [0, 0.1) is 5.92 Å². The lowest BCUT2D eigenvalue weighted by Gasteiger charge is -2.34. The predicted octanol–water partition coefficient (Wildman–Crippen LogP) is 1.98. The van der Waals surface area contributed by atoms with Crippen LogP contribution < -0.4 is 0 Å². The van der Waals surface area contributed by atoms with E-state index in [1.807, 2.05) is 11.8 Å². The van der Waals surface area contributed by atoms with Crippen molar-refractivity contribution in [2.45, 2.75) is 39.2 Å². The molecule has 3 rings (SSSR count). The Labute approximate surface area is 142 Å². The van der Waals surface area contributed by atoms with Gasteiger partial charge in [0, 0.05) is 36.4 Å². The van der Waals surface area contributed by atoms with E-state index in [1.54, 1.807) is 0 Å². The van der Waals surface area contributed by atoms with Crippen molar-refractivity contribution in [3.05, 3.63) is 11.7 Å². The first-order valence-corrected chi connectivity index (χ1v) is 9.70. The molecule has 0 aromatic carbocycles. The molecule has 0 spiro atoms. The summed E-state index contributed by atoms with van der Waals surface area (Å²) in [6.45, 7) is 8.51. The third kappa shape index (κ3) is 4.26. The molecule has 6 nitrogen and oxygen atoms in total. The number of likely N-dealkylation sites (tertiary alicyclic amines) is 1. The fraction of sp³-hybridized carbons (Fsp3) is 0.812. The third-order valence-electron chi connectivity index (χ3n) is 4.62. The van der Waals surface area contributed by atoms with E-state index in [-0.39, 0.29) is 5.92 Å². The van der Waals surface area contributed by atoms with Crippen molar-refractivity contribution in [1.82, 2.24) is 19.9 Å². The zero-order valence-corrected chi connectivity index (χ0v) is 14.8. The molecule has 0 bridgehead atoms. The number of hydrogen-bond donors (Lipinski definition) is 0. The Balaban J connectivity index is 1.47. The fourth-order valence-corrected chi connectivity index (χ4v) is 4.04. The summed E-state index contributed by atoms with van der Waals surface area (Å²) in [7, 11) is 0. The van der Waals surface area contributed by atoms with Crippen LogP contribution in [-0.4, -0.2) is 63.5 Å². The lowest BCUT2D eigenvalue weighted by Crippen LogP contribution is -2.45. The van der Waals surface area contributed by atoms with Crippen LogP contribution in [0.2, 0.25) is 0 Å². The van der Waals surface area contributed by atoms with E-state index in [0.29, 0.717) is 24.3 Å². The summed E-state index contributed by atoms with van der Waals surface area (Å²) in [4.78, 5) is 21.4. The molecule has 1 aromatic heterocycles. The number of carbonyl (C=O) groups excluding carboxylic acids is 1. The van der Waals surface area contributed by atoms with Gasteiger partial charge in [-0.3, -0.25) is 9.69 Å². The van der Waals surface area contributed by atoms with Crippen LogP contribution in [-0.2, 0) is 11.3 Å². The summed E-state index contributed by atoms with van der Waals surface area (Å²) >= 11 is 1.94. The number of carbonyl (C=O) groups is 1. The summed E-state index contributed by atoms with van der Waals surface area (Å²) in [5, 5.41) is 4.01. The van der Waals surface area contributed by atoms with Crippen LogP contribution >= 0.6 is 11.8 Å². The maximum absolute atomic E-state index is 12.6. The van der Waals surface area contributed by atoms with Crippen LogP contribution in [0.3, 0.4) is 0 Å². The van der Waals surface area contributed by atoms with Gasteiger partial charge in [0.05, 0.1) is 6.54 Å². The van der Waals surface area contributed by atoms with Crippen molar-refractivity contribution in [1.29, 1.82) is 0 Å². The predicted molar refractivity (Wildman–Crippen MR) is 90.3 cm³/mol. The van der Waals surface area contributed by atoms with E-state index in [4.69, 9.17) is 4.52 Å². The molecule has 128 valence electrons. The summed E-state index contributed by atoms with van der Waals surface area (Å²) in [6.07, 6.45) is 1.88. The summed E-state index contributed by atoms with van der Waals surface area (Å²) in [5.41, 5.74) is 0. The minimum absolute atomic E-state index is 0.197. The monoisotopic (exact) mass is 338 g/mol. The minimum atomic E-state index is 0.197. The van der Waals surface area contributed by atoms with Gasteiger partial charge in [-0.05, 0) is 25.9 Å². The van der Waals surface area contributed by atoms with E-state index < -0.39 is 0 Å². The van der Waals surface area contributed by atoms with Crippen molar-refractivity contribution in [2.75, 3.05) is 37.7 Å². The van der Waals surface area contributed by atoms with E-state index >= 15 is 0 Å². The molecule has 2 fully saturated rings. The molecule has 0 unspecified atom stereocenters. The quantitative estimate of drug-likeness (QED) is 0.836. The van der Waals surface area contributed by atoms with Gasteiger partial charge < -0.3 is 9.42 Å². The number of amides is 1. The molecule has 1 aromatic rings. The lowest BCUT2D eigenvalue weighted by atomic mass is 9.95. The first kappa shape index (κ1) is 16.8. The highest BCUT2D eigenvalue weighted by atomic mass is 32.2. The Hall–Kier alpha value is -1.08. The molecular formula is C16H26N4O2S. The zero-order chi connectivity index (χ0) is 16.2. The lowest BCUT2D eigenvalue weighted by molar-refractivity contribution is -0.136. The number of rotatable bonds is 4. The molecule has 23 heavy (non-hydrogen) atoms. The number of thioether (sulfide) groups is 1. The maximum atomic E-state index is 12.6. The minimum Gasteiger partial charge on any atom is -0.341 e. The van der Waals surface area contributed by atoms with Crippen LogP contribution in [0.1, 0.15) is 44.3 Å². The Kier molecular flexibility index (Phi) is 5.58. The highest BCUT2D eigenvalue weighted by Crippen LogP contribution is 2.23. The number of aromatic nitrogens is 2. The first-order chi connectivity index (χ1) is 11.1. The van der Waals surface area contributed by atoms with Crippen LogP contribution in [0.15, 0.2) is 4.52 Å². The topological polar surface area (TPSA) is 62.5 Å². The van der Waals surface area contributed by atoms with Gasteiger partial charge in [0.1, 0.15) is 0 Å². The third-order valence-corrected chi connectivity index (χ3v) is 5.56. The largest absolute Gasteiger partial charge is 0.341 e. The normalized spacial score (nSPS) is 21.1. The highest BCUT2D eigenvalue weighted by molar-refractivity contribution is 7.99. The van der Waals surface area contributed by atoms with Crippen molar-refractivity contribution in [2.24, 2.45) is 5.92 Å². The average molecular weight is 338 g/mol. The van der Waals surface area contributed by atoms with E-state index in [2.05, 4.69) is 33.8 Å². The Morgan fingerprint density at radius 2 is 1.96 bits per heavy atom.